The molecule has 4 amide bonds. The van der Waals surface area contributed by atoms with Gasteiger partial charge in [-0.1, -0.05) is 26.0 Å². The van der Waals surface area contributed by atoms with E-state index < -0.39 is 18.0 Å². The molecular formula is C19H23N5O3. The van der Waals surface area contributed by atoms with Crippen LogP contribution in [0.4, 0.5) is 10.5 Å². The summed E-state index contributed by atoms with van der Waals surface area (Å²) in [5, 5.41) is 9.37. The van der Waals surface area contributed by atoms with Crippen LogP contribution in [0.5, 0.6) is 0 Å². The van der Waals surface area contributed by atoms with E-state index in [4.69, 9.17) is 0 Å². The van der Waals surface area contributed by atoms with Crippen molar-refractivity contribution in [1.29, 1.82) is 0 Å². The van der Waals surface area contributed by atoms with Crippen LogP contribution in [0.25, 0.3) is 0 Å². The molecule has 1 aromatic carbocycles. The summed E-state index contributed by atoms with van der Waals surface area (Å²) in [7, 11) is 0. The summed E-state index contributed by atoms with van der Waals surface area (Å²) in [6.07, 6.45) is 3.37. The van der Waals surface area contributed by atoms with Crippen LogP contribution in [0, 0.1) is 0 Å². The fourth-order valence-corrected chi connectivity index (χ4v) is 2.92. The van der Waals surface area contributed by atoms with E-state index in [0.717, 1.165) is 10.5 Å². The standard InChI is InChI=1S/C19H23N5O3/c1-13(2)14-4-6-15(7-5-14)24-18(26)16(22-19(24)27)12-17(25)20-9-11-23-10-3-8-21-23/h3-8,10,13,16H,9,11-12H2,1-2H3,(H,20,25)(H,22,27)/t16-/m0/s1. The number of imide groups is 1. The molecule has 3 rings (SSSR count). The van der Waals surface area contributed by atoms with Gasteiger partial charge < -0.3 is 10.6 Å². The summed E-state index contributed by atoms with van der Waals surface area (Å²) in [6, 6.07) is 7.74. The maximum atomic E-state index is 12.6. The Balaban J connectivity index is 1.56. The van der Waals surface area contributed by atoms with E-state index in [9.17, 15) is 14.4 Å². The Bertz CT molecular complexity index is 814. The van der Waals surface area contributed by atoms with Crippen LogP contribution in [-0.2, 0) is 16.1 Å². The third-order valence-electron chi connectivity index (χ3n) is 4.45. The fourth-order valence-electron chi connectivity index (χ4n) is 2.92. The first-order valence-electron chi connectivity index (χ1n) is 8.94. The topological polar surface area (TPSA) is 96.3 Å². The lowest BCUT2D eigenvalue weighted by Gasteiger charge is -2.14. The summed E-state index contributed by atoms with van der Waals surface area (Å²) < 4.78 is 1.70. The minimum Gasteiger partial charge on any atom is -0.354 e. The maximum absolute atomic E-state index is 12.6. The Morgan fingerprint density at radius 1 is 1.26 bits per heavy atom. The van der Waals surface area contributed by atoms with Crippen molar-refractivity contribution in [2.24, 2.45) is 0 Å². The lowest BCUT2D eigenvalue weighted by Crippen LogP contribution is -2.37. The van der Waals surface area contributed by atoms with Gasteiger partial charge in [0, 0.05) is 18.9 Å². The molecule has 27 heavy (non-hydrogen) atoms. The zero-order valence-electron chi connectivity index (χ0n) is 15.4. The van der Waals surface area contributed by atoms with Crippen molar-refractivity contribution in [3.63, 3.8) is 0 Å². The smallest absolute Gasteiger partial charge is 0.329 e. The molecule has 0 bridgehead atoms. The number of nitrogens with zero attached hydrogens (tertiary/aromatic N) is 3. The van der Waals surface area contributed by atoms with Gasteiger partial charge in [0.05, 0.1) is 18.7 Å². The van der Waals surface area contributed by atoms with Crippen LogP contribution in [0.3, 0.4) is 0 Å². The Morgan fingerprint density at radius 2 is 2.00 bits per heavy atom. The summed E-state index contributed by atoms with van der Waals surface area (Å²) in [6.45, 7) is 5.08. The molecule has 8 nitrogen and oxygen atoms in total. The second-order valence-electron chi connectivity index (χ2n) is 6.75. The number of benzene rings is 1. The van der Waals surface area contributed by atoms with E-state index in [1.807, 2.05) is 12.1 Å². The Morgan fingerprint density at radius 3 is 2.63 bits per heavy atom. The first-order valence-corrected chi connectivity index (χ1v) is 8.94. The largest absolute Gasteiger partial charge is 0.354 e. The molecule has 0 radical (unpaired) electrons. The number of hydrogen-bond donors (Lipinski definition) is 2. The van der Waals surface area contributed by atoms with Gasteiger partial charge in [0.25, 0.3) is 5.91 Å². The van der Waals surface area contributed by atoms with E-state index in [0.29, 0.717) is 24.7 Å². The quantitative estimate of drug-likeness (QED) is 0.725. The zero-order valence-corrected chi connectivity index (χ0v) is 15.4. The number of nitrogens with one attached hydrogen (secondary N) is 2. The third-order valence-corrected chi connectivity index (χ3v) is 4.45. The predicted molar refractivity (Wildman–Crippen MR) is 100 cm³/mol. The van der Waals surface area contributed by atoms with Crippen molar-refractivity contribution in [1.82, 2.24) is 20.4 Å². The van der Waals surface area contributed by atoms with Gasteiger partial charge >= 0.3 is 6.03 Å². The van der Waals surface area contributed by atoms with E-state index in [2.05, 4.69) is 29.6 Å². The first kappa shape index (κ1) is 18.6. The molecule has 1 aliphatic heterocycles. The molecular weight excluding hydrogens is 346 g/mol. The van der Waals surface area contributed by atoms with Gasteiger partial charge in [-0.05, 0) is 29.7 Å². The molecule has 2 N–H and O–H groups in total. The van der Waals surface area contributed by atoms with Crippen LogP contribution in [0.2, 0.25) is 0 Å². The summed E-state index contributed by atoms with van der Waals surface area (Å²) in [4.78, 5) is 38.0. The molecule has 1 aromatic heterocycles. The molecule has 1 saturated heterocycles. The van der Waals surface area contributed by atoms with Crippen LogP contribution < -0.4 is 15.5 Å². The molecule has 1 aliphatic rings. The van der Waals surface area contributed by atoms with Gasteiger partial charge in [-0.25, -0.2) is 9.69 Å². The molecule has 8 heteroatoms. The Labute approximate surface area is 157 Å². The number of aromatic nitrogens is 2. The highest BCUT2D eigenvalue weighted by Crippen LogP contribution is 2.23. The minimum atomic E-state index is -0.855. The number of amides is 4. The van der Waals surface area contributed by atoms with E-state index in [-0.39, 0.29) is 12.3 Å². The van der Waals surface area contributed by atoms with Crippen molar-refractivity contribution in [3.8, 4) is 0 Å². The molecule has 0 aliphatic carbocycles. The highest BCUT2D eigenvalue weighted by atomic mass is 16.2. The van der Waals surface area contributed by atoms with E-state index >= 15 is 0 Å². The maximum Gasteiger partial charge on any atom is 0.329 e. The fraction of sp³-hybridized carbons (Fsp3) is 0.368. The normalized spacial score (nSPS) is 16.7. The average molecular weight is 369 g/mol. The third kappa shape index (κ3) is 4.33. The molecule has 1 atom stereocenters. The Hall–Kier alpha value is -3.16. The summed E-state index contributed by atoms with van der Waals surface area (Å²) in [5.41, 5.74) is 1.63. The summed E-state index contributed by atoms with van der Waals surface area (Å²) in [5.74, 6) is -0.349. The molecule has 0 spiro atoms. The lowest BCUT2D eigenvalue weighted by atomic mass is 10.0. The number of anilines is 1. The number of carbonyl (C=O) groups is 3. The molecule has 2 heterocycles. The van der Waals surface area contributed by atoms with E-state index in [1.54, 1.807) is 35.3 Å². The van der Waals surface area contributed by atoms with Gasteiger partial charge in [0.15, 0.2) is 0 Å². The molecule has 0 saturated carbocycles. The van der Waals surface area contributed by atoms with E-state index in [1.165, 1.54) is 0 Å². The van der Waals surface area contributed by atoms with Gasteiger partial charge in [-0.15, -0.1) is 0 Å². The second-order valence-corrected chi connectivity index (χ2v) is 6.75. The van der Waals surface area contributed by atoms with Crippen molar-refractivity contribution < 1.29 is 14.4 Å². The zero-order chi connectivity index (χ0) is 19.4. The van der Waals surface area contributed by atoms with Gasteiger partial charge in [-0.3, -0.25) is 14.3 Å². The number of carbonyl (C=O) groups excluding carboxylic acids is 3. The molecule has 2 aromatic rings. The van der Waals surface area contributed by atoms with Gasteiger partial charge in [0.2, 0.25) is 5.91 Å². The van der Waals surface area contributed by atoms with Crippen LogP contribution >= 0.6 is 0 Å². The summed E-state index contributed by atoms with van der Waals surface area (Å²) >= 11 is 0. The van der Waals surface area contributed by atoms with Gasteiger partial charge in [0.1, 0.15) is 6.04 Å². The lowest BCUT2D eigenvalue weighted by molar-refractivity contribution is -0.125. The highest BCUT2D eigenvalue weighted by molar-refractivity contribution is 6.22. The minimum absolute atomic E-state index is 0.0930. The average Bonchev–Trinajstić information content (AvgIpc) is 3.24. The predicted octanol–water partition coefficient (Wildman–Crippen LogP) is 1.64. The van der Waals surface area contributed by atoms with Gasteiger partial charge in [-0.2, -0.15) is 5.10 Å². The molecule has 142 valence electrons. The van der Waals surface area contributed by atoms with Crippen molar-refractivity contribution in [2.45, 2.75) is 38.8 Å². The number of rotatable bonds is 7. The van der Waals surface area contributed by atoms with Crippen LogP contribution in [0.1, 0.15) is 31.7 Å². The number of hydrogen-bond acceptors (Lipinski definition) is 4. The highest BCUT2D eigenvalue weighted by Gasteiger charge is 2.39. The van der Waals surface area contributed by atoms with Crippen LogP contribution in [0.15, 0.2) is 42.7 Å². The van der Waals surface area contributed by atoms with Crippen molar-refractivity contribution >= 4 is 23.5 Å². The monoisotopic (exact) mass is 369 g/mol. The van der Waals surface area contributed by atoms with Crippen molar-refractivity contribution in [3.05, 3.63) is 48.3 Å². The second kappa shape index (κ2) is 8.03. The first-order chi connectivity index (χ1) is 13.0. The Kier molecular flexibility index (Phi) is 5.54. The van der Waals surface area contributed by atoms with Crippen molar-refractivity contribution in [2.75, 3.05) is 11.4 Å². The molecule has 1 fully saturated rings. The van der Waals surface area contributed by atoms with Crippen LogP contribution in [-0.4, -0.2) is 40.2 Å². The molecule has 0 unspecified atom stereocenters. The SMILES string of the molecule is CC(C)c1ccc(N2C(=O)N[C@@H](CC(=O)NCCn3cccn3)C2=O)cc1. The number of urea groups is 1.